The molecule has 0 unspecified atom stereocenters. The van der Waals surface area contributed by atoms with E-state index in [1.807, 2.05) is 22.8 Å². The third kappa shape index (κ3) is 3.56. The molecule has 2 amide bonds. The Morgan fingerprint density at radius 1 is 1.24 bits per heavy atom. The summed E-state index contributed by atoms with van der Waals surface area (Å²) >= 11 is 0. The summed E-state index contributed by atoms with van der Waals surface area (Å²) in [7, 11) is 0. The van der Waals surface area contributed by atoms with Crippen LogP contribution in [-0.2, 0) is 15.0 Å². The lowest BCUT2D eigenvalue weighted by atomic mass is 9.72. The molecule has 2 heterocycles. The van der Waals surface area contributed by atoms with Crippen LogP contribution in [0.25, 0.3) is 0 Å². The van der Waals surface area contributed by atoms with E-state index < -0.39 is 0 Å². The van der Waals surface area contributed by atoms with Gasteiger partial charge in [-0.05, 0) is 31.7 Å². The number of benzene rings is 1. The van der Waals surface area contributed by atoms with Crippen LogP contribution in [-0.4, -0.2) is 54.3 Å². The van der Waals surface area contributed by atoms with Gasteiger partial charge in [-0.15, -0.1) is 0 Å². The van der Waals surface area contributed by atoms with E-state index in [0.29, 0.717) is 32.5 Å². The molecule has 3 rings (SSSR count). The van der Waals surface area contributed by atoms with Gasteiger partial charge in [0.2, 0.25) is 11.8 Å². The summed E-state index contributed by atoms with van der Waals surface area (Å²) in [5, 5.41) is 0. The second-order valence-corrected chi connectivity index (χ2v) is 7.34. The zero-order valence-electron chi connectivity index (χ0n) is 15.1. The van der Waals surface area contributed by atoms with Crippen LogP contribution in [0.4, 0.5) is 0 Å². The van der Waals surface area contributed by atoms with E-state index in [9.17, 15) is 9.59 Å². The van der Waals surface area contributed by atoms with Crippen LogP contribution >= 0.6 is 0 Å². The molecule has 1 aromatic carbocycles. The van der Waals surface area contributed by atoms with Gasteiger partial charge in [-0.1, -0.05) is 30.3 Å². The Balaban J connectivity index is 1.63. The number of rotatable bonds is 4. The second kappa shape index (κ2) is 7.56. The van der Waals surface area contributed by atoms with Crippen molar-refractivity contribution in [3.8, 4) is 0 Å². The van der Waals surface area contributed by atoms with Crippen LogP contribution in [0.5, 0.6) is 0 Å². The number of likely N-dealkylation sites (tertiary alicyclic amines) is 2. The first kappa shape index (κ1) is 17.9. The number of carbonyl (C=O) groups is 2. The Kier molecular flexibility index (Phi) is 5.42. The first-order chi connectivity index (χ1) is 12.1. The number of hydrogen-bond acceptors (Lipinski definition) is 3. The topological polar surface area (TPSA) is 66.6 Å². The highest BCUT2D eigenvalue weighted by atomic mass is 16.2. The summed E-state index contributed by atoms with van der Waals surface area (Å²) in [6.07, 6.45) is 2.99. The van der Waals surface area contributed by atoms with E-state index in [2.05, 4.69) is 24.3 Å². The Labute approximate surface area is 150 Å². The molecule has 5 nitrogen and oxygen atoms in total. The SMILES string of the molecule is CCN1C[C@@H](C(=O)N2CCC(CN)(c3ccccc3)CC2)CCC1=O. The molecule has 2 fully saturated rings. The van der Waals surface area contributed by atoms with Crippen molar-refractivity contribution in [3.05, 3.63) is 35.9 Å². The summed E-state index contributed by atoms with van der Waals surface area (Å²) in [5.41, 5.74) is 7.40. The Morgan fingerprint density at radius 2 is 1.92 bits per heavy atom. The van der Waals surface area contributed by atoms with Crippen molar-refractivity contribution in [2.24, 2.45) is 11.7 Å². The molecule has 5 heteroatoms. The molecule has 2 saturated heterocycles. The van der Waals surface area contributed by atoms with Gasteiger partial charge in [-0.2, -0.15) is 0 Å². The maximum Gasteiger partial charge on any atom is 0.227 e. The summed E-state index contributed by atoms with van der Waals surface area (Å²) in [5.74, 6) is 0.348. The highest BCUT2D eigenvalue weighted by molar-refractivity contribution is 5.84. The number of piperidine rings is 2. The van der Waals surface area contributed by atoms with Crippen molar-refractivity contribution in [1.29, 1.82) is 0 Å². The third-order valence-corrected chi connectivity index (χ3v) is 6.04. The number of hydrogen-bond donors (Lipinski definition) is 1. The molecule has 1 aromatic rings. The first-order valence-electron chi connectivity index (χ1n) is 9.42. The fourth-order valence-corrected chi connectivity index (χ4v) is 4.24. The van der Waals surface area contributed by atoms with Crippen molar-refractivity contribution >= 4 is 11.8 Å². The minimum Gasteiger partial charge on any atom is -0.342 e. The van der Waals surface area contributed by atoms with Gasteiger partial charge in [-0.3, -0.25) is 9.59 Å². The molecule has 0 spiro atoms. The van der Waals surface area contributed by atoms with Gasteiger partial charge in [0, 0.05) is 44.6 Å². The second-order valence-electron chi connectivity index (χ2n) is 7.34. The lowest BCUT2D eigenvalue weighted by Crippen LogP contribution is -2.52. The Morgan fingerprint density at radius 3 is 2.52 bits per heavy atom. The molecular weight excluding hydrogens is 314 g/mol. The standard InChI is InChI=1S/C20H29N3O2/c1-2-22-14-16(8-9-18(22)24)19(25)23-12-10-20(15-21,11-13-23)17-6-4-3-5-7-17/h3-7,16H,2,8-15,21H2,1H3/t16-/m0/s1. The molecule has 0 bridgehead atoms. The van der Waals surface area contributed by atoms with Crippen LogP contribution in [0.1, 0.15) is 38.2 Å². The number of nitrogens with zero attached hydrogens (tertiary/aromatic N) is 2. The van der Waals surface area contributed by atoms with Crippen LogP contribution in [0.15, 0.2) is 30.3 Å². The van der Waals surface area contributed by atoms with Crippen molar-refractivity contribution in [2.75, 3.05) is 32.7 Å². The molecule has 2 aliphatic rings. The monoisotopic (exact) mass is 343 g/mol. The average molecular weight is 343 g/mol. The molecule has 0 aromatic heterocycles. The first-order valence-corrected chi connectivity index (χ1v) is 9.42. The minimum atomic E-state index is -0.0419. The predicted octanol–water partition coefficient (Wildman–Crippen LogP) is 1.76. The third-order valence-electron chi connectivity index (χ3n) is 6.04. The van der Waals surface area contributed by atoms with Gasteiger partial charge in [0.25, 0.3) is 0 Å². The van der Waals surface area contributed by atoms with Gasteiger partial charge in [0.05, 0.1) is 5.92 Å². The van der Waals surface area contributed by atoms with E-state index in [1.165, 1.54) is 5.56 Å². The van der Waals surface area contributed by atoms with Crippen LogP contribution in [0.3, 0.4) is 0 Å². The molecule has 0 aliphatic carbocycles. The molecule has 0 radical (unpaired) electrons. The van der Waals surface area contributed by atoms with E-state index in [0.717, 1.165) is 25.9 Å². The smallest absolute Gasteiger partial charge is 0.227 e. The lowest BCUT2D eigenvalue weighted by Gasteiger charge is -2.43. The highest BCUT2D eigenvalue weighted by Gasteiger charge is 2.39. The average Bonchev–Trinajstić information content (AvgIpc) is 2.68. The molecule has 25 heavy (non-hydrogen) atoms. The molecular formula is C20H29N3O2. The van der Waals surface area contributed by atoms with E-state index >= 15 is 0 Å². The maximum atomic E-state index is 12.9. The van der Waals surface area contributed by atoms with Gasteiger partial charge in [0.15, 0.2) is 0 Å². The number of carbonyl (C=O) groups excluding carboxylic acids is 2. The Hall–Kier alpha value is -1.88. The van der Waals surface area contributed by atoms with Crippen molar-refractivity contribution in [3.63, 3.8) is 0 Å². The quantitative estimate of drug-likeness (QED) is 0.906. The fourth-order valence-electron chi connectivity index (χ4n) is 4.24. The van der Waals surface area contributed by atoms with E-state index in [4.69, 9.17) is 5.73 Å². The predicted molar refractivity (Wildman–Crippen MR) is 98.0 cm³/mol. The fraction of sp³-hybridized carbons (Fsp3) is 0.600. The van der Waals surface area contributed by atoms with Gasteiger partial charge in [-0.25, -0.2) is 0 Å². The van der Waals surface area contributed by atoms with Crippen molar-refractivity contribution in [2.45, 2.75) is 38.0 Å². The molecule has 1 atom stereocenters. The Bertz CT molecular complexity index is 609. The number of amides is 2. The number of nitrogens with two attached hydrogens (primary N) is 1. The van der Waals surface area contributed by atoms with Gasteiger partial charge < -0.3 is 15.5 Å². The van der Waals surface area contributed by atoms with E-state index in [1.54, 1.807) is 0 Å². The minimum absolute atomic E-state index is 0.0178. The molecule has 2 N–H and O–H groups in total. The van der Waals surface area contributed by atoms with Crippen LogP contribution in [0.2, 0.25) is 0 Å². The molecule has 2 aliphatic heterocycles. The highest BCUT2D eigenvalue weighted by Crippen LogP contribution is 2.35. The van der Waals surface area contributed by atoms with Crippen molar-refractivity contribution in [1.82, 2.24) is 9.80 Å². The van der Waals surface area contributed by atoms with Gasteiger partial charge >= 0.3 is 0 Å². The summed E-state index contributed by atoms with van der Waals surface area (Å²) in [6, 6.07) is 10.4. The normalized spacial score (nSPS) is 23.6. The lowest BCUT2D eigenvalue weighted by molar-refractivity contribution is -0.143. The van der Waals surface area contributed by atoms with Crippen LogP contribution in [0, 0.1) is 5.92 Å². The zero-order valence-corrected chi connectivity index (χ0v) is 15.1. The summed E-state index contributed by atoms with van der Waals surface area (Å²) in [4.78, 5) is 28.6. The molecule has 136 valence electrons. The summed E-state index contributed by atoms with van der Waals surface area (Å²) < 4.78 is 0. The van der Waals surface area contributed by atoms with Crippen molar-refractivity contribution < 1.29 is 9.59 Å². The maximum absolute atomic E-state index is 12.9. The largest absolute Gasteiger partial charge is 0.342 e. The summed E-state index contributed by atoms with van der Waals surface area (Å²) in [6.45, 7) is 5.35. The van der Waals surface area contributed by atoms with E-state index in [-0.39, 0.29) is 23.1 Å². The molecule has 0 saturated carbocycles. The van der Waals surface area contributed by atoms with Gasteiger partial charge in [0.1, 0.15) is 0 Å². The zero-order chi connectivity index (χ0) is 17.9. The van der Waals surface area contributed by atoms with Crippen LogP contribution < -0.4 is 5.73 Å².